The maximum Gasteiger partial charge on any atom is 0.277 e. The maximum atomic E-state index is 11.9. The highest BCUT2D eigenvalue weighted by atomic mass is 79.9. The number of ether oxygens (including phenoxy) is 1. The molecule has 0 radical (unpaired) electrons. The van der Waals surface area contributed by atoms with E-state index in [0.717, 1.165) is 39.5 Å². The largest absolute Gasteiger partial charge is 0.482 e. The SMILES string of the molecule is Cc1cc(Br)cc(Br)c1OCC(=O)NN=C1CCCC(C)C1. The van der Waals surface area contributed by atoms with Gasteiger partial charge in [-0.1, -0.05) is 22.9 Å². The Hall–Kier alpha value is -0.880. The fourth-order valence-corrected chi connectivity index (χ4v) is 4.10. The number of nitrogens with one attached hydrogen (secondary N) is 1. The lowest BCUT2D eigenvalue weighted by Gasteiger charge is -2.19. The second-order valence-corrected chi connectivity index (χ2v) is 7.51. The summed E-state index contributed by atoms with van der Waals surface area (Å²) in [6.45, 7) is 4.10. The minimum atomic E-state index is -0.236. The molecule has 0 aliphatic heterocycles. The normalized spacial score (nSPS) is 20.0. The summed E-state index contributed by atoms with van der Waals surface area (Å²) >= 11 is 6.86. The second-order valence-electron chi connectivity index (χ2n) is 5.74. The van der Waals surface area contributed by atoms with Gasteiger partial charge in [0.05, 0.1) is 4.47 Å². The van der Waals surface area contributed by atoms with Crippen molar-refractivity contribution in [3.63, 3.8) is 0 Å². The van der Waals surface area contributed by atoms with Crippen molar-refractivity contribution >= 4 is 43.5 Å². The van der Waals surface area contributed by atoms with E-state index < -0.39 is 0 Å². The molecule has 6 heteroatoms. The number of rotatable bonds is 4. The predicted molar refractivity (Wildman–Crippen MR) is 95.3 cm³/mol. The first-order valence-electron chi connectivity index (χ1n) is 7.38. The smallest absolute Gasteiger partial charge is 0.277 e. The van der Waals surface area contributed by atoms with Crippen LogP contribution in [0.15, 0.2) is 26.2 Å². The van der Waals surface area contributed by atoms with Gasteiger partial charge in [-0.2, -0.15) is 5.10 Å². The number of aryl methyl sites for hydroxylation is 1. The number of hydrazone groups is 1. The third-order valence-electron chi connectivity index (χ3n) is 3.63. The van der Waals surface area contributed by atoms with Crippen LogP contribution in [-0.2, 0) is 4.79 Å². The van der Waals surface area contributed by atoms with Gasteiger partial charge in [0, 0.05) is 10.2 Å². The van der Waals surface area contributed by atoms with E-state index in [1.807, 2.05) is 19.1 Å². The quantitative estimate of drug-likeness (QED) is 0.709. The number of hydrogen-bond acceptors (Lipinski definition) is 3. The lowest BCUT2D eigenvalue weighted by Crippen LogP contribution is -2.27. The molecular weight excluding hydrogens is 412 g/mol. The minimum absolute atomic E-state index is 0.0482. The van der Waals surface area contributed by atoms with Crippen molar-refractivity contribution in [2.24, 2.45) is 11.0 Å². The summed E-state index contributed by atoms with van der Waals surface area (Å²) in [7, 11) is 0. The molecule has 0 saturated heterocycles. The Labute approximate surface area is 148 Å². The number of carbonyl (C=O) groups is 1. The number of carbonyl (C=O) groups excluding carboxylic acids is 1. The van der Waals surface area contributed by atoms with Crippen molar-refractivity contribution in [1.29, 1.82) is 0 Å². The molecule has 1 N–H and O–H groups in total. The second kappa shape index (κ2) is 8.11. The minimum Gasteiger partial charge on any atom is -0.482 e. The van der Waals surface area contributed by atoms with Crippen LogP contribution in [0.5, 0.6) is 5.75 Å². The molecule has 1 amide bonds. The predicted octanol–water partition coefficient (Wildman–Crippen LogP) is 4.58. The van der Waals surface area contributed by atoms with E-state index in [9.17, 15) is 4.79 Å². The number of benzene rings is 1. The summed E-state index contributed by atoms with van der Waals surface area (Å²) in [6, 6.07) is 3.84. The maximum absolute atomic E-state index is 11.9. The molecule has 4 nitrogen and oxygen atoms in total. The lowest BCUT2D eigenvalue weighted by molar-refractivity contribution is -0.123. The number of halogens is 2. The van der Waals surface area contributed by atoms with Gasteiger partial charge in [0.2, 0.25) is 0 Å². The molecule has 22 heavy (non-hydrogen) atoms. The highest BCUT2D eigenvalue weighted by Crippen LogP contribution is 2.32. The average molecular weight is 432 g/mol. The standard InChI is InChI=1S/C16H20Br2N2O2/c1-10-4-3-5-13(6-10)19-20-15(21)9-22-16-11(2)7-12(17)8-14(16)18/h7-8,10H,3-6,9H2,1-2H3,(H,20,21). The topological polar surface area (TPSA) is 50.7 Å². The molecule has 1 unspecified atom stereocenters. The molecule has 120 valence electrons. The summed E-state index contributed by atoms with van der Waals surface area (Å²) in [4.78, 5) is 11.9. The molecule has 0 aromatic heterocycles. The van der Waals surface area contributed by atoms with Crippen LogP contribution in [0.3, 0.4) is 0 Å². The Morgan fingerprint density at radius 2 is 2.23 bits per heavy atom. The van der Waals surface area contributed by atoms with Crippen molar-refractivity contribution in [2.75, 3.05) is 6.61 Å². The van der Waals surface area contributed by atoms with Crippen LogP contribution in [0.4, 0.5) is 0 Å². The zero-order valence-corrected chi connectivity index (χ0v) is 16.0. The molecule has 1 aliphatic carbocycles. The van der Waals surface area contributed by atoms with E-state index in [2.05, 4.69) is 49.3 Å². The van der Waals surface area contributed by atoms with Gasteiger partial charge in [0.25, 0.3) is 5.91 Å². The fraction of sp³-hybridized carbons (Fsp3) is 0.500. The average Bonchev–Trinajstić information content (AvgIpc) is 2.44. The molecule has 1 aromatic carbocycles. The molecule has 1 aliphatic rings. The first kappa shape index (κ1) is 17.5. The number of amides is 1. The van der Waals surface area contributed by atoms with Crippen LogP contribution in [0.25, 0.3) is 0 Å². The van der Waals surface area contributed by atoms with Crippen LogP contribution in [0.2, 0.25) is 0 Å². The first-order chi connectivity index (χ1) is 10.5. The molecule has 1 aromatic rings. The molecule has 1 atom stereocenters. The number of hydrogen-bond donors (Lipinski definition) is 1. The molecule has 0 spiro atoms. The van der Waals surface area contributed by atoms with Crippen LogP contribution in [0, 0.1) is 12.8 Å². The third kappa shape index (κ3) is 5.09. The van der Waals surface area contributed by atoms with Crippen molar-refractivity contribution < 1.29 is 9.53 Å². The van der Waals surface area contributed by atoms with Crippen LogP contribution in [0.1, 0.15) is 38.2 Å². The first-order valence-corrected chi connectivity index (χ1v) is 8.97. The Kier molecular flexibility index (Phi) is 6.44. The summed E-state index contributed by atoms with van der Waals surface area (Å²) in [5, 5.41) is 4.22. The van der Waals surface area contributed by atoms with Gasteiger partial charge in [0.1, 0.15) is 5.75 Å². The van der Waals surface area contributed by atoms with E-state index in [0.29, 0.717) is 11.7 Å². The van der Waals surface area contributed by atoms with Crippen molar-refractivity contribution in [3.8, 4) is 5.75 Å². The van der Waals surface area contributed by atoms with E-state index >= 15 is 0 Å². The van der Waals surface area contributed by atoms with Crippen LogP contribution < -0.4 is 10.2 Å². The lowest BCUT2D eigenvalue weighted by atomic mass is 9.89. The van der Waals surface area contributed by atoms with Gasteiger partial charge in [-0.05, 0) is 72.2 Å². The third-order valence-corrected chi connectivity index (χ3v) is 4.67. The van der Waals surface area contributed by atoms with Crippen LogP contribution >= 0.6 is 31.9 Å². The van der Waals surface area contributed by atoms with Gasteiger partial charge in [-0.3, -0.25) is 4.79 Å². The van der Waals surface area contributed by atoms with E-state index in [1.165, 1.54) is 6.42 Å². The molecule has 2 rings (SSSR count). The van der Waals surface area contributed by atoms with Crippen molar-refractivity contribution in [2.45, 2.75) is 39.5 Å². The Morgan fingerprint density at radius 1 is 1.45 bits per heavy atom. The summed E-state index contributed by atoms with van der Waals surface area (Å²) in [6.07, 6.45) is 4.34. The highest BCUT2D eigenvalue weighted by Gasteiger charge is 2.14. The molecule has 0 bridgehead atoms. The summed E-state index contributed by atoms with van der Waals surface area (Å²) < 4.78 is 7.38. The fourth-order valence-electron chi connectivity index (χ4n) is 2.55. The van der Waals surface area contributed by atoms with Gasteiger partial charge < -0.3 is 4.74 Å². The van der Waals surface area contributed by atoms with E-state index in [-0.39, 0.29) is 12.5 Å². The van der Waals surface area contributed by atoms with Gasteiger partial charge in [-0.15, -0.1) is 0 Å². The zero-order valence-electron chi connectivity index (χ0n) is 12.8. The van der Waals surface area contributed by atoms with Gasteiger partial charge >= 0.3 is 0 Å². The van der Waals surface area contributed by atoms with E-state index in [1.54, 1.807) is 0 Å². The van der Waals surface area contributed by atoms with Gasteiger partial charge in [0.15, 0.2) is 6.61 Å². The molecule has 0 heterocycles. The summed E-state index contributed by atoms with van der Waals surface area (Å²) in [5.74, 6) is 1.10. The number of nitrogens with zero attached hydrogens (tertiary/aromatic N) is 1. The monoisotopic (exact) mass is 430 g/mol. The zero-order chi connectivity index (χ0) is 16.1. The van der Waals surface area contributed by atoms with E-state index in [4.69, 9.17) is 4.74 Å². The van der Waals surface area contributed by atoms with Crippen molar-refractivity contribution in [1.82, 2.24) is 5.43 Å². The Morgan fingerprint density at radius 3 is 2.91 bits per heavy atom. The van der Waals surface area contributed by atoms with Gasteiger partial charge in [-0.25, -0.2) is 5.43 Å². The molecule has 1 fully saturated rings. The Bertz CT molecular complexity index is 565. The molecule has 1 saturated carbocycles. The summed E-state index contributed by atoms with van der Waals surface area (Å²) in [5.41, 5.74) is 4.63. The highest BCUT2D eigenvalue weighted by molar-refractivity contribution is 9.11. The Balaban J connectivity index is 1.87. The molecular formula is C16H20Br2N2O2. The van der Waals surface area contributed by atoms with Crippen LogP contribution in [-0.4, -0.2) is 18.2 Å². The van der Waals surface area contributed by atoms with Crippen molar-refractivity contribution in [3.05, 3.63) is 26.6 Å².